The summed E-state index contributed by atoms with van der Waals surface area (Å²) in [6, 6.07) is 12.3. The molecular weight excluding hydrogens is 407 g/mol. The van der Waals surface area contributed by atoms with Crippen molar-refractivity contribution in [2.45, 2.75) is 63.6 Å². The van der Waals surface area contributed by atoms with Crippen LogP contribution in [0.4, 0.5) is 4.39 Å². The van der Waals surface area contributed by atoms with Crippen LogP contribution in [0.1, 0.15) is 61.8 Å². The number of amides is 2. The van der Waals surface area contributed by atoms with E-state index < -0.39 is 6.10 Å². The fourth-order valence-electron chi connectivity index (χ4n) is 4.48. The lowest BCUT2D eigenvalue weighted by Crippen LogP contribution is -2.41. The highest BCUT2D eigenvalue weighted by molar-refractivity contribution is 5.83. The summed E-state index contributed by atoms with van der Waals surface area (Å²) in [6.45, 7) is 2.58. The average molecular weight is 437 g/mol. The number of nitrogens with one attached hydrogen (secondary N) is 1. The summed E-state index contributed by atoms with van der Waals surface area (Å²) in [4.78, 5) is 27.6. The zero-order valence-electron chi connectivity index (χ0n) is 18.4. The maximum absolute atomic E-state index is 13.6. The van der Waals surface area contributed by atoms with E-state index in [1.54, 1.807) is 12.1 Å². The quantitative estimate of drug-likeness (QED) is 0.710. The van der Waals surface area contributed by atoms with Crippen LogP contribution in [0.25, 0.3) is 0 Å². The summed E-state index contributed by atoms with van der Waals surface area (Å²) in [5.74, 6) is 0.526. The van der Waals surface area contributed by atoms with Crippen LogP contribution in [0, 0.1) is 11.7 Å². The van der Waals surface area contributed by atoms with Crippen LogP contribution in [0.2, 0.25) is 0 Å². The van der Waals surface area contributed by atoms with E-state index in [2.05, 4.69) is 5.32 Å². The molecule has 168 valence electrons. The Balaban J connectivity index is 1.46. The first-order valence-corrected chi connectivity index (χ1v) is 11.7. The molecule has 2 amide bonds. The standard InChI is InChI=1S/C26H29FN2O3/c1-2-23(25(30)28-20-10-11-20)32-21-12-7-16-13-14-29(26(31)18-3-4-18)24(22(16)15-21)17-5-8-19(27)9-6-17/h5-9,12,15,18,20,23-24H,2-4,10-11,13-14H2,1H3,(H,28,30). The van der Waals surface area contributed by atoms with E-state index in [9.17, 15) is 14.0 Å². The van der Waals surface area contributed by atoms with Crippen molar-refractivity contribution in [3.63, 3.8) is 0 Å². The van der Waals surface area contributed by atoms with Gasteiger partial charge in [-0.2, -0.15) is 0 Å². The topological polar surface area (TPSA) is 58.6 Å². The van der Waals surface area contributed by atoms with E-state index in [1.807, 2.05) is 30.0 Å². The van der Waals surface area contributed by atoms with Gasteiger partial charge in [-0.25, -0.2) is 4.39 Å². The van der Waals surface area contributed by atoms with Crippen molar-refractivity contribution >= 4 is 11.8 Å². The summed E-state index contributed by atoms with van der Waals surface area (Å²) >= 11 is 0. The lowest BCUT2D eigenvalue weighted by molar-refractivity contribution is -0.134. The molecule has 0 bridgehead atoms. The van der Waals surface area contributed by atoms with Crippen molar-refractivity contribution in [3.8, 4) is 5.75 Å². The monoisotopic (exact) mass is 436 g/mol. The Kier molecular flexibility index (Phi) is 5.62. The molecule has 2 saturated carbocycles. The predicted octanol–water partition coefficient (Wildman–Crippen LogP) is 4.15. The predicted molar refractivity (Wildman–Crippen MR) is 119 cm³/mol. The number of rotatable bonds is 7. The lowest BCUT2D eigenvalue weighted by atomic mass is 9.87. The zero-order chi connectivity index (χ0) is 22.2. The molecule has 6 heteroatoms. The molecule has 1 N–H and O–H groups in total. The zero-order valence-corrected chi connectivity index (χ0v) is 18.4. The van der Waals surface area contributed by atoms with Crippen LogP contribution in [-0.2, 0) is 16.0 Å². The number of carbonyl (C=O) groups excluding carboxylic acids is 2. The fourth-order valence-corrected chi connectivity index (χ4v) is 4.48. The first kappa shape index (κ1) is 21.0. The smallest absolute Gasteiger partial charge is 0.261 e. The molecule has 2 atom stereocenters. The summed E-state index contributed by atoms with van der Waals surface area (Å²) < 4.78 is 19.7. The Morgan fingerprint density at radius 3 is 2.53 bits per heavy atom. The summed E-state index contributed by atoms with van der Waals surface area (Å²) in [5, 5.41) is 3.02. The van der Waals surface area contributed by atoms with Gasteiger partial charge in [0.15, 0.2) is 6.10 Å². The molecule has 5 nitrogen and oxygen atoms in total. The highest BCUT2D eigenvalue weighted by Crippen LogP contribution is 2.41. The van der Waals surface area contributed by atoms with Crippen molar-refractivity contribution in [1.82, 2.24) is 10.2 Å². The highest BCUT2D eigenvalue weighted by atomic mass is 19.1. The number of fused-ring (bicyclic) bond motifs is 1. The normalized spacial score (nSPS) is 20.9. The molecule has 0 saturated heterocycles. The molecule has 2 aromatic carbocycles. The molecule has 2 fully saturated rings. The summed E-state index contributed by atoms with van der Waals surface area (Å²) in [5.41, 5.74) is 3.03. The molecule has 2 aliphatic carbocycles. The molecule has 1 heterocycles. The van der Waals surface area contributed by atoms with Crippen molar-refractivity contribution in [1.29, 1.82) is 0 Å². The van der Waals surface area contributed by atoms with Gasteiger partial charge >= 0.3 is 0 Å². The molecule has 1 aliphatic heterocycles. The van der Waals surface area contributed by atoms with Crippen LogP contribution in [0.3, 0.4) is 0 Å². The van der Waals surface area contributed by atoms with E-state index in [0.29, 0.717) is 18.7 Å². The number of nitrogens with zero attached hydrogens (tertiary/aromatic N) is 1. The van der Waals surface area contributed by atoms with Gasteiger partial charge in [0.1, 0.15) is 11.6 Å². The van der Waals surface area contributed by atoms with Gasteiger partial charge in [0.2, 0.25) is 5.91 Å². The van der Waals surface area contributed by atoms with Crippen molar-refractivity contribution in [3.05, 3.63) is 65.0 Å². The molecule has 32 heavy (non-hydrogen) atoms. The van der Waals surface area contributed by atoms with Crippen molar-refractivity contribution in [2.24, 2.45) is 5.92 Å². The van der Waals surface area contributed by atoms with E-state index in [1.165, 1.54) is 12.1 Å². The summed E-state index contributed by atoms with van der Waals surface area (Å²) in [6.07, 6.45) is 4.74. The molecule has 2 unspecified atom stereocenters. The van der Waals surface area contributed by atoms with Gasteiger partial charge in [-0.3, -0.25) is 9.59 Å². The third-order valence-electron chi connectivity index (χ3n) is 6.61. The highest BCUT2D eigenvalue weighted by Gasteiger charge is 2.39. The SMILES string of the molecule is CCC(Oc1ccc2c(c1)C(c1ccc(F)cc1)N(C(=O)C1CC1)CC2)C(=O)NC1CC1. The second-order valence-corrected chi connectivity index (χ2v) is 9.17. The molecule has 5 rings (SSSR count). The number of hydrogen-bond acceptors (Lipinski definition) is 3. The number of benzene rings is 2. The lowest BCUT2D eigenvalue weighted by Gasteiger charge is -2.38. The second kappa shape index (κ2) is 8.57. The van der Waals surface area contributed by atoms with E-state index in [0.717, 1.165) is 48.8 Å². The van der Waals surface area contributed by atoms with Crippen LogP contribution in [0.15, 0.2) is 42.5 Å². The summed E-state index contributed by atoms with van der Waals surface area (Å²) in [7, 11) is 0. The molecule has 2 aromatic rings. The molecule has 3 aliphatic rings. The average Bonchev–Trinajstić information content (AvgIpc) is 3.71. The third kappa shape index (κ3) is 4.36. The minimum Gasteiger partial charge on any atom is -0.481 e. The van der Waals surface area contributed by atoms with E-state index >= 15 is 0 Å². The van der Waals surface area contributed by atoms with Crippen LogP contribution in [0.5, 0.6) is 5.75 Å². The number of ether oxygens (including phenoxy) is 1. The Labute approximate surface area is 187 Å². The minimum atomic E-state index is -0.550. The van der Waals surface area contributed by atoms with Gasteiger partial charge in [-0.15, -0.1) is 0 Å². The number of halogens is 1. The Morgan fingerprint density at radius 2 is 1.88 bits per heavy atom. The van der Waals surface area contributed by atoms with E-state index in [4.69, 9.17) is 4.74 Å². The Bertz CT molecular complexity index is 1010. The third-order valence-corrected chi connectivity index (χ3v) is 6.61. The molecule has 0 spiro atoms. The number of hydrogen-bond donors (Lipinski definition) is 1. The number of carbonyl (C=O) groups is 2. The first-order chi connectivity index (χ1) is 15.5. The maximum Gasteiger partial charge on any atom is 0.261 e. The van der Waals surface area contributed by atoms with Gasteiger partial charge in [0.25, 0.3) is 5.91 Å². The largest absolute Gasteiger partial charge is 0.481 e. The van der Waals surface area contributed by atoms with Crippen molar-refractivity contribution in [2.75, 3.05) is 6.54 Å². The van der Waals surface area contributed by atoms with Gasteiger partial charge in [-0.05, 0) is 79.5 Å². The molecule has 0 radical (unpaired) electrons. The van der Waals surface area contributed by atoms with Gasteiger partial charge in [0, 0.05) is 18.5 Å². The molecular formula is C26H29FN2O3. The van der Waals surface area contributed by atoms with Gasteiger partial charge in [0.05, 0.1) is 6.04 Å². The van der Waals surface area contributed by atoms with Crippen molar-refractivity contribution < 1.29 is 18.7 Å². The molecule has 0 aromatic heterocycles. The minimum absolute atomic E-state index is 0.0756. The second-order valence-electron chi connectivity index (χ2n) is 9.17. The van der Waals surface area contributed by atoms with Crippen LogP contribution < -0.4 is 10.1 Å². The van der Waals surface area contributed by atoms with Crippen LogP contribution in [-0.4, -0.2) is 35.4 Å². The Hall–Kier alpha value is -2.89. The fraction of sp³-hybridized carbons (Fsp3) is 0.462. The first-order valence-electron chi connectivity index (χ1n) is 11.7. The van der Waals surface area contributed by atoms with E-state index in [-0.39, 0.29) is 35.6 Å². The van der Waals surface area contributed by atoms with Gasteiger partial charge in [-0.1, -0.05) is 25.1 Å². The van der Waals surface area contributed by atoms with Crippen LogP contribution >= 0.6 is 0 Å². The van der Waals surface area contributed by atoms with Gasteiger partial charge < -0.3 is 15.0 Å². The maximum atomic E-state index is 13.6. The Morgan fingerprint density at radius 1 is 1.12 bits per heavy atom.